The van der Waals surface area contributed by atoms with Crippen LogP contribution in [0.3, 0.4) is 0 Å². The number of amides is 2. The quantitative estimate of drug-likeness (QED) is 0.665. The van der Waals surface area contributed by atoms with Gasteiger partial charge in [0.1, 0.15) is 5.54 Å². The van der Waals surface area contributed by atoms with E-state index in [4.69, 9.17) is 4.74 Å². The zero-order valence-corrected chi connectivity index (χ0v) is 14.8. The molecule has 128 valence electrons. The number of hydrogen-bond donors (Lipinski definition) is 1. The molecule has 5 heteroatoms. The van der Waals surface area contributed by atoms with Crippen LogP contribution >= 0.6 is 0 Å². The summed E-state index contributed by atoms with van der Waals surface area (Å²) in [6, 6.07) is 0. The number of likely N-dealkylation sites (tertiary alicyclic amines) is 1. The second-order valence-electron chi connectivity index (χ2n) is 7.03. The van der Waals surface area contributed by atoms with Crippen LogP contribution in [0.15, 0.2) is 0 Å². The standard InChI is InChI=1S/C17H32N2O3/c1-13(2)8-10-18-16(21)17(5)9-7-15(20)19(17)11-6-12-22-14(3)4/h13-14H,6-12H2,1-5H3,(H,18,21)/t17-/m1/s1. The first-order valence-electron chi connectivity index (χ1n) is 8.47. The maximum atomic E-state index is 12.5. The predicted molar refractivity (Wildman–Crippen MR) is 87.5 cm³/mol. The summed E-state index contributed by atoms with van der Waals surface area (Å²) in [6.45, 7) is 12.0. The normalized spacial score (nSPS) is 22.0. The molecule has 1 N–H and O–H groups in total. The van der Waals surface area contributed by atoms with E-state index in [1.54, 1.807) is 4.90 Å². The predicted octanol–water partition coefficient (Wildman–Crippen LogP) is 2.34. The Labute approximate surface area is 134 Å². The van der Waals surface area contributed by atoms with Crippen LogP contribution in [0.5, 0.6) is 0 Å². The molecule has 0 radical (unpaired) electrons. The molecule has 2 amide bonds. The summed E-state index contributed by atoms with van der Waals surface area (Å²) in [6.07, 6.45) is 2.97. The lowest BCUT2D eigenvalue weighted by atomic mass is 9.97. The van der Waals surface area contributed by atoms with Gasteiger partial charge in [-0.25, -0.2) is 0 Å². The minimum atomic E-state index is -0.702. The molecule has 0 aromatic carbocycles. The second kappa shape index (κ2) is 8.51. The van der Waals surface area contributed by atoms with Gasteiger partial charge in [0.25, 0.3) is 0 Å². The Morgan fingerprint density at radius 2 is 2.05 bits per heavy atom. The summed E-state index contributed by atoms with van der Waals surface area (Å²) in [5.41, 5.74) is -0.702. The van der Waals surface area contributed by atoms with Crippen LogP contribution in [0.25, 0.3) is 0 Å². The highest BCUT2D eigenvalue weighted by Gasteiger charge is 2.46. The van der Waals surface area contributed by atoms with Crippen molar-refractivity contribution < 1.29 is 14.3 Å². The molecule has 22 heavy (non-hydrogen) atoms. The van der Waals surface area contributed by atoms with Crippen molar-refractivity contribution in [3.05, 3.63) is 0 Å². The van der Waals surface area contributed by atoms with E-state index in [0.717, 1.165) is 12.8 Å². The number of nitrogens with one attached hydrogen (secondary N) is 1. The highest BCUT2D eigenvalue weighted by molar-refractivity contribution is 5.94. The Bertz CT molecular complexity index is 382. The van der Waals surface area contributed by atoms with Crippen molar-refractivity contribution >= 4 is 11.8 Å². The third-order valence-electron chi connectivity index (χ3n) is 4.20. The molecule has 5 nitrogen and oxygen atoms in total. The van der Waals surface area contributed by atoms with Crippen molar-refractivity contribution in [3.63, 3.8) is 0 Å². The van der Waals surface area contributed by atoms with Crippen LogP contribution in [-0.2, 0) is 14.3 Å². The van der Waals surface area contributed by atoms with Gasteiger partial charge >= 0.3 is 0 Å². The Morgan fingerprint density at radius 1 is 1.36 bits per heavy atom. The van der Waals surface area contributed by atoms with E-state index in [-0.39, 0.29) is 17.9 Å². The molecular weight excluding hydrogens is 280 g/mol. The number of carbonyl (C=O) groups excluding carboxylic acids is 2. The van der Waals surface area contributed by atoms with Crippen molar-refractivity contribution in [3.8, 4) is 0 Å². The first kappa shape index (κ1) is 18.9. The van der Waals surface area contributed by atoms with Gasteiger partial charge in [0, 0.05) is 26.1 Å². The largest absolute Gasteiger partial charge is 0.379 e. The van der Waals surface area contributed by atoms with E-state index in [1.165, 1.54) is 0 Å². The van der Waals surface area contributed by atoms with E-state index in [2.05, 4.69) is 19.2 Å². The SMILES string of the molecule is CC(C)CCNC(=O)[C@@]1(C)CCC(=O)N1CCCOC(C)C. The van der Waals surface area contributed by atoms with Crippen molar-refractivity contribution in [1.82, 2.24) is 10.2 Å². The molecule has 1 saturated heterocycles. The molecule has 1 aliphatic heterocycles. The van der Waals surface area contributed by atoms with Gasteiger partial charge in [-0.2, -0.15) is 0 Å². The van der Waals surface area contributed by atoms with Crippen LogP contribution in [-0.4, -0.2) is 48.1 Å². The monoisotopic (exact) mass is 312 g/mol. The fraction of sp³-hybridized carbons (Fsp3) is 0.882. The van der Waals surface area contributed by atoms with Crippen LogP contribution < -0.4 is 5.32 Å². The van der Waals surface area contributed by atoms with E-state index in [0.29, 0.717) is 38.5 Å². The highest BCUT2D eigenvalue weighted by atomic mass is 16.5. The summed E-state index contributed by atoms with van der Waals surface area (Å²) in [4.78, 5) is 26.4. The van der Waals surface area contributed by atoms with Gasteiger partial charge in [0.2, 0.25) is 11.8 Å². The molecule has 0 aromatic rings. The zero-order chi connectivity index (χ0) is 16.8. The van der Waals surface area contributed by atoms with E-state index in [1.807, 2.05) is 20.8 Å². The topological polar surface area (TPSA) is 58.6 Å². The molecule has 0 aromatic heterocycles. The fourth-order valence-electron chi connectivity index (χ4n) is 2.71. The minimum absolute atomic E-state index is 0.0243. The van der Waals surface area contributed by atoms with Crippen LogP contribution in [0, 0.1) is 5.92 Å². The molecule has 0 saturated carbocycles. The number of rotatable bonds is 9. The number of nitrogens with zero attached hydrogens (tertiary/aromatic N) is 1. The van der Waals surface area contributed by atoms with Gasteiger partial charge in [-0.05, 0) is 46.0 Å². The average Bonchev–Trinajstić information content (AvgIpc) is 2.71. The summed E-state index contributed by atoms with van der Waals surface area (Å²) in [7, 11) is 0. The first-order chi connectivity index (χ1) is 10.3. The van der Waals surface area contributed by atoms with Crippen LogP contribution in [0.4, 0.5) is 0 Å². The molecule has 0 spiro atoms. The third kappa shape index (κ3) is 5.27. The van der Waals surface area contributed by atoms with Gasteiger partial charge in [-0.3, -0.25) is 9.59 Å². The maximum absolute atomic E-state index is 12.5. The summed E-state index contributed by atoms with van der Waals surface area (Å²) < 4.78 is 5.52. The van der Waals surface area contributed by atoms with Gasteiger partial charge in [-0.15, -0.1) is 0 Å². The van der Waals surface area contributed by atoms with Gasteiger partial charge in [-0.1, -0.05) is 13.8 Å². The Balaban J connectivity index is 2.53. The molecule has 0 aliphatic carbocycles. The number of hydrogen-bond acceptors (Lipinski definition) is 3. The molecule has 1 heterocycles. The van der Waals surface area contributed by atoms with Crippen LogP contribution in [0.2, 0.25) is 0 Å². The molecule has 1 aliphatic rings. The first-order valence-corrected chi connectivity index (χ1v) is 8.47. The lowest BCUT2D eigenvalue weighted by Crippen LogP contribution is -2.55. The van der Waals surface area contributed by atoms with Gasteiger partial charge in [0.15, 0.2) is 0 Å². The number of carbonyl (C=O) groups is 2. The van der Waals surface area contributed by atoms with Crippen molar-refractivity contribution in [2.45, 2.75) is 71.9 Å². The minimum Gasteiger partial charge on any atom is -0.379 e. The summed E-state index contributed by atoms with van der Waals surface area (Å²) in [5.74, 6) is 0.609. The average molecular weight is 312 g/mol. The van der Waals surface area contributed by atoms with Crippen molar-refractivity contribution in [2.75, 3.05) is 19.7 Å². The zero-order valence-electron chi connectivity index (χ0n) is 14.8. The van der Waals surface area contributed by atoms with Crippen molar-refractivity contribution in [2.24, 2.45) is 5.92 Å². The smallest absolute Gasteiger partial charge is 0.245 e. The third-order valence-corrected chi connectivity index (χ3v) is 4.20. The maximum Gasteiger partial charge on any atom is 0.245 e. The van der Waals surface area contributed by atoms with E-state index >= 15 is 0 Å². The summed E-state index contributed by atoms with van der Waals surface area (Å²) >= 11 is 0. The highest BCUT2D eigenvalue weighted by Crippen LogP contribution is 2.30. The molecule has 1 atom stereocenters. The summed E-state index contributed by atoms with van der Waals surface area (Å²) in [5, 5.41) is 2.99. The molecule has 0 unspecified atom stereocenters. The lowest BCUT2D eigenvalue weighted by molar-refractivity contribution is -0.140. The van der Waals surface area contributed by atoms with E-state index < -0.39 is 5.54 Å². The van der Waals surface area contributed by atoms with Gasteiger partial charge in [0.05, 0.1) is 6.10 Å². The Morgan fingerprint density at radius 3 is 2.64 bits per heavy atom. The second-order valence-corrected chi connectivity index (χ2v) is 7.03. The Hall–Kier alpha value is -1.10. The molecular formula is C17H32N2O3. The van der Waals surface area contributed by atoms with Crippen molar-refractivity contribution in [1.29, 1.82) is 0 Å². The lowest BCUT2D eigenvalue weighted by Gasteiger charge is -2.34. The number of ether oxygens (including phenoxy) is 1. The van der Waals surface area contributed by atoms with Crippen LogP contribution in [0.1, 0.15) is 60.3 Å². The Kier molecular flexibility index (Phi) is 7.33. The molecule has 1 rings (SSSR count). The van der Waals surface area contributed by atoms with E-state index in [9.17, 15) is 9.59 Å². The fourth-order valence-corrected chi connectivity index (χ4v) is 2.71. The molecule has 1 fully saturated rings. The van der Waals surface area contributed by atoms with Gasteiger partial charge < -0.3 is 15.0 Å². The molecule has 0 bridgehead atoms.